The SMILES string of the molecule is O=C(O)[C@@H]1c2ccccc2CCN1C(=O)[C@H]1COCCO1. The van der Waals surface area contributed by atoms with Crippen molar-refractivity contribution in [2.24, 2.45) is 0 Å². The van der Waals surface area contributed by atoms with Gasteiger partial charge in [0.25, 0.3) is 5.91 Å². The summed E-state index contributed by atoms with van der Waals surface area (Å²) in [5.74, 6) is -1.33. The third kappa shape index (κ3) is 2.64. The number of carboxylic acids is 1. The second-order valence-corrected chi connectivity index (χ2v) is 5.16. The van der Waals surface area contributed by atoms with Crippen LogP contribution in [-0.4, -0.2) is 54.4 Å². The van der Waals surface area contributed by atoms with Crippen LogP contribution >= 0.6 is 0 Å². The Balaban J connectivity index is 1.88. The highest BCUT2D eigenvalue weighted by molar-refractivity contribution is 5.88. The molecule has 0 bridgehead atoms. The van der Waals surface area contributed by atoms with Gasteiger partial charge in [-0.1, -0.05) is 24.3 Å². The molecule has 6 heteroatoms. The zero-order valence-electron chi connectivity index (χ0n) is 11.5. The normalized spacial score (nSPS) is 25.2. The maximum atomic E-state index is 12.5. The molecule has 2 aliphatic heterocycles. The molecule has 3 rings (SSSR count). The van der Waals surface area contributed by atoms with Crippen molar-refractivity contribution in [2.75, 3.05) is 26.4 Å². The molecule has 2 aliphatic rings. The molecule has 21 heavy (non-hydrogen) atoms. The Kier molecular flexibility index (Phi) is 3.90. The largest absolute Gasteiger partial charge is 0.479 e. The van der Waals surface area contributed by atoms with Crippen molar-refractivity contribution < 1.29 is 24.2 Å². The summed E-state index contributed by atoms with van der Waals surface area (Å²) in [4.78, 5) is 25.6. The number of hydrogen-bond acceptors (Lipinski definition) is 4. The first-order chi connectivity index (χ1) is 10.2. The Morgan fingerprint density at radius 2 is 2.05 bits per heavy atom. The highest BCUT2D eigenvalue weighted by atomic mass is 16.6. The fourth-order valence-electron chi connectivity index (χ4n) is 2.89. The highest BCUT2D eigenvalue weighted by Crippen LogP contribution is 2.30. The van der Waals surface area contributed by atoms with Gasteiger partial charge in [-0.25, -0.2) is 4.79 Å². The van der Waals surface area contributed by atoms with Crippen LogP contribution in [0.1, 0.15) is 17.2 Å². The number of hydrogen-bond donors (Lipinski definition) is 1. The number of carbonyl (C=O) groups is 2. The Hall–Kier alpha value is -1.92. The van der Waals surface area contributed by atoms with E-state index in [1.165, 1.54) is 4.90 Å². The van der Waals surface area contributed by atoms with Gasteiger partial charge in [0, 0.05) is 6.54 Å². The third-order valence-electron chi connectivity index (χ3n) is 3.89. The summed E-state index contributed by atoms with van der Waals surface area (Å²) in [6, 6.07) is 6.41. The lowest BCUT2D eigenvalue weighted by molar-refractivity contribution is -0.166. The summed E-state index contributed by atoms with van der Waals surface area (Å²) >= 11 is 0. The van der Waals surface area contributed by atoms with E-state index >= 15 is 0 Å². The van der Waals surface area contributed by atoms with Crippen molar-refractivity contribution in [1.29, 1.82) is 0 Å². The molecule has 1 amide bonds. The van der Waals surface area contributed by atoms with Crippen LogP contribution in [0.25, 0.3) is 0 Å². The van der Waals surface area contributed by atoms with E-state index in [1.54, 1.807) is 12.1 Å². The Labute approximate surface area is 122 Å². The van der Waals surface area contributed by atoms with Gasteiger partial charge in [-0.3, -0.25) is 4.79 Å². The molecule has 1 saturated heterocycles. The Bertz CT molecular complexity index is 553. The molecule has 0 spiro atoms. The minimum absolute atomic E-state index is 0.184. The van der Waals surface area contributed by atoms with E-state index in [-0.39, 0.29) is 12.5 Å². The molecule has 1 aromatic carbocycles. The lowest BCUT2D eigenvalue weighted by Crippen LogP contribution is -2.50. The average molecular weight is 291 g/mol. The fourth-order valence-corrected chi connectivity index (χ4v) is 2.89. The van der Waals surface area contributed by atoms with Crippen LogP contribution in [-0.2, 0) is 25.5 Å². The van der Waals surface area contributed by atoms with E-state index in [9.17, 15) is 14.7 Å². The fraction of sp³-hybridized carbons (Fsp3) is 0.467. The predicted molar refractivity (Wildman–Crippen MR) is 72.8 cm³/mol. The van der Waals surface area contributed by atoms with Crippen molar-refractivity contribution in [3.63, 3.8) is 0 Å². The third-order valence-corrected chi connectivity index (χ3v) is 3.89. The highest BCUT2D eigenvalue weighted by Gasteiger charge is 2.39. The Morgan fingerprint density at radius 1 is 1.24 bits per heavy atom. The Morgan fingerprint density at radius 3 is 2.76 bits per heavy atom. The van der Waals surface area contributed by atoms with Crippen molar-refractivity contribution >= 4 is 11.9 Å². The minimum atomic E-state index is -1.02. The van der Waals surface area contributed by atoms with Crippen LogP contribution in [0.15, 0.2) is 24.3 Å². The monoisotopic (exact) mass is 291 g/mol. The number of benzene rings is 1. The van der Waals surface area contributed by atoms with Crippen molar-refractivity contribution in [1.82, 2.24) is 4.90 Å². The quantitative estimate of drug-likeness (QED) is 0.864. The molecule has 2 atom stereocenters. The maximum absolute atomic E-state index is 12.5. The predicted octanol–water partition coefficient (Wildman–Crippen LogP) is 0.612. The van der Waals surface area contributed by atoms with Gasteiger partial charge in [-0.05, 0) is 17.5 Å². The van der Waals surface area contributed by atoms with Gasteiger partial charge in [0.15, 0.2) is 12.1 Å². The molecular weight excluding hydrogens is 274 g/mol. The first kappa shape index (κ1) is 14.0. The van der Waals surface area contributed by atoms with Gasteiger partial charge in [0.2, 0.25) is 0 Å². The maximum Gasteiger partial charge on any atom is 0.331 e. The molecule has 6 nitrogen and oxygen atoms in total. The molecule has 1 N–H and O–H groups in total. The zero-order valence-corrected chi connectivity index (χ0v) is 11.5. The van der Waals surface area contributed by atoms with Gasteiger partial charge in [0.1, 0.15) is 0 Å². The number of carboxylic acid groups (broad SMARTS) is 1. The summed E-state index contributed by atoms with van der Waals surface area (Å²) < 4.78 is 10.6. The van der Waals surface area contributed by atoms with E-state index in [4.69, 9.17) is 9.47 Å². The van der Waals surface area contributed by atoms with Gasteiger partial charge < -0.3 is 19.5 Å². The molecule has 112 valence electrons. The van der Waals surface area contributed by atoms with E-state index in [2.05, 4.69) is 0 Å². The van der Waals surface area contributed by atoms with E-state index in [0.717, 1.165) is 5.56 Å². The number of amides is 1. The number of ether oxygens (including phenoxy) is 2. The van der Waals surface area contributed by atoms with Crippen molar-refractivity contribution in [2.45, 2.75) is 18.6 Å². The summed E-state index contributed by atoms with van der Waals surface area (Å²) in [6.07, 6.45) is -0.0509. The standard InChI is InChI=1S/C15H17NO5/c17-14(12-9-20-7-8-21-12)16-6-5-10-3-1-2-4-11(10)13(16)15(18)19/h1-4,12-13H,5-9H2,(H,18,19)/t12-,13+/m1/s1. The van der Waals surface area contributed by atoms with E-state index < -0.39 is 18.1 Å². The first-order valence-electron chi connectivity index (χ1n) is 6.99. The van der Waals surface area contributed by atoms with Crippen molar-refractivity contribution in [3.8, 4) is 0 Å². The summed E-state index contributed by atoms with van der Waals surface area (Å²) in [6.45, 7) is 1.39. The van der Waals surface area contributed by atoms with Crippen LogP contribution in [0.4, 0.5) is 0 Å². The van der Waals surface area contributed by atoms with E-state index in [1.807, 2.05) is 12.1 Å². The molecular formula is C15H17NO5. The lowest BCUT2D eigenvalue weighted by Gasteiger charge is -2.37. The molecule has 2 heterocycles. The van der Waals surface area contributed by atoms with Crippen LogP contribution in [0, 0.1) is 0 Å². The average Bonchev–Trinajstić information content (AvgIpc) is 2.53. The molecule has 0 unspecified atom stereocenters. The summed E-state index contributed by atoms with van der Waals surface area (Å²) in [7, 11) is 0. The summed E-state index contributed by atoms with van der Waals surface area (Å²) in [5, 5.41) is 9.54. The van der Waals surface area contributed by atoms with Gasteiger partial charge >= 0.3 is 5.97 Å². The second-order valence-electron chi connectivity index (χ2n) is 5.16. The van der Waals surface area contributed by atoms with Gasteiger partial charge in [-0.2, -0.15) is 0 Å². The van der Waals surface area contributed by atoms with E-state index in [0.29, 0.717) is 31.7 Å². The van der Waals surface area contributed by atoms with Crippen LogP contribution in [0.3, 0.4) is 0 Å². The van der Waals surface area contributed by atoms with Crippen LogP contribution in [0.2, 0.25) is 0 Å². The van der Waals surface area contributed by atoms with Gasteiger partial charge in [-0.15, -0.1) is 0 Å². The number of carbonyl (C=O) groups excluding carboxylic acids is 1. The molecule has 1 fully saturated rings. The van der Waals surface area contributed by atoms with Crippen LogP contribution in [0.5, 0.6) is 0 Å². The first-order valence-corrected chi connectivity index (χ1v) is 6.99. The number of fused-ring (bicyclic) bond motifs is 1. The molecule has 0 aromatic heterocycles. The van der Waals surface area contributed by atoms with Gasteiger partial charge in [0.05, 0.1) is 19.8 Å². The second kappa shape index (κ2) is 5.83. The molecule has 0 aliphatic carbocycles. The topological polar surface area (TPSA) is 76.1 Å². The molecule has 0 saturated carbocycles. The number of aliphatic carboxylic acids is 1. The minimum Gasteiger partial charge on any atom is -0.479 e. The number of rotatable bonds is 2. The lowest BCUT2D eigenvalue weighted by atomic mass is 9.92. The smallest absolute Gasteiger partial charge is 0.331 e. The summed E-state index contributed by atoms with van der Waals surface area (Å²) in [5.41, 5.74) is 1.66. The zero-order chi connectivity index (χ0) is 14.8. The number of nitrogens with zero attached hydrogens (tertiary/aromatic N) is 1. The molecule has 1 aromatic rings. The van der Waals surface area contributed by atoms with Crippen LogP contribution < -0.4 is 0 Å². The molecule has 0 radical (unpaired) electrons. The van der Waals surface area contributed by atoms with Crippen molar-refractivity contribution in [3.05, 3.63) is 35.4 Å².